The lowest BCUT2D eigenvalue weighted by Crippen LogP contribution is -2.56. The van der Waals surface area contributed by atoms with Gasteiger partial charge >= 0.3 is 5.97 Å². The third-order valence-electron chi connectivity index (χ3n) is 5.60. The molecule has 3 aromatic rings. The Bertz CT molecular complexity index is 1070. The van der Waals surface area contributed by atoms with Crippen molar-refractivity contribution in [1.82, 2.24) is 24.3 Å². The number of hydrogen-bond acceptors (Lipinski definition) is 7. The number of methoxy groups -OCH3 is 1. The topological polar surface area (TPSA) is 84.6 Å². The second-order valence-electron chi connectivity index (χ2n) is 7.96. The third-order valence-corrected chi connectivity index (χ3v) is 5.60. The van der Waals surface area contributed by atoms with Crippen molar-refractivity contribution >= 4 is 17.4 Å². The summed E-state index contributed by atoms with van der Waals surface area (Å²) in [5.74, 6) is 0.536. The number of pyridine rings is 1. The van der Waals surface area contributed by atoms with Gasteiger partial charge in [-0.25, -0.2) is 19.3 Å². The van der Waals surface area contributed by atoms with Gasteiger partial charge in [0.15, 0.2) is 5.82 Å². The maximum atomic E-state index is 13.7. The molecule has 4 heterocycles. The molecule has 0 aliphatic carbocycles. The van der Waals surface area contributed by atoms with E-state index in [1.54, 1.807) is 28.9 Å². The highest BCUT2D eigenvalue weighted by Gasteiger charge is 2.38. The van der Waals surface area contributed by atoms with Crippen LogP contribution >= 0.6 is 0 Å². The summed E-state index contributed by atoms with van der Waals surface area (Å²) in [5, 5.41) is 3.45. The van der Waals surface area contributed by atoms with Gasteiger partial charge in [-0.1, -0.05) is 0 Å². The summed E-state index contributed by atoms with van der Waals surface area (Å²) in [7, 11) is 1.41. The molecule has 0 radical (unpaired) electrons. The summed E-state index contributed by atoms with van der Waals surface area (Å²) in [4.78, 5) is 27.5. The predicted octanol–water partition coefficient (Wildman–Crippen LogP) is 2.76. The second-order valence-corrected chi connectivity index (χ2v) is 7.96. The molecule has 1 atom stereocenters. The van der Waals surface area contributed by atoms with Crippen molar-refractivity contribution in [3.8, 4) is 11.5 Å². The number of rotatable bonds is 5. The molecule has 0 unspecified atom stereocenters. The Labute approximate surface area is 174 Å². The minimum absolute atomic E-state index is 0.130. The van der Waals surface area contributed by atoms with Gasteiger partial charge < -0.3 is 10.1 Å². The number of likely N-dealkylation sites (tertiary alicyclic amines) is 1. The van der Waals surface area contributed by atoms with E-state index in [0.29, 0.717) is 29.5 Å². The van der Waals surface area contributed by atoms with Gasteiger partial charge in [-0.3, -0.25) is 14.1 Å². The molecule has 4 rings (SSSR count). The van der Waals surface area contributed by atoms with Crippen molar-refractivity contribution < 1.29 is 13.9 Å². The third kappa shape index (κ3) is 3.85. The molecule has 1 N–H and O–H groups in total. The number of nitrogens with one attached hydrogen (secondary N) is 1. The average molecular weight is 412 g/mol. The summed E-state index contributed by atoms with van der Waals surface area (Å²) < 4.78 is 20.3. The highest BCUT2D eigenvalue weighted by molar-refractivity contribution is 5.79. The van der Waals surface area contributed by atoms with Crippen molar-refractivity contribution in [3.05, 3.63) is 42.6 Å². The van der Waals surface area contributed by atoms with Crippen LogP contribution in [0, 0.1) is 5.82 Å². The quantitative estimate of drug-likeness (QED) is 0.645. The molecular weight excluding hydrogens is 387 g/mol. The molecule has 1 saturated heterocycles. The number of carbonyl (C=O) groups excluding carboxylic acids is 1. The number of carbonyl (C=O) groups is 1. The molecule has 0 aromatic carbocycles. The number of fused-ring (bicyclic) bond motifs is 1. The molecule has 0 amide bonds. The van der Waals surface area contributed by atoms with Gasteiger partial charge in [-0.2, -0.15) is 0 Å². The summed E-state index contributed by atoms with van der Waals surface area (Å²) in [6.07, 6.45) is 6.60. The number of aromatic nitrogens is 4. The first-order valence-electron chi connectivity index (χ1n) is 9.94. The summed E-state index contributed by atoms with van der Waals surface area (Å²) in [6, 6.07) is 4.92. The fourth-order valence-electron chi connectivity index (χ4n) is 3.87. The molecule has 0 spiro atoms. The van der Waals surface area contributed by atoms with Crippen LogP contribution in [0.25, 0.3) is 17.2 Å². The van der Waals surface area contributed by atoms with E-state index in [1.807, 2.05) is 13.8 Å². The monoisotopic (exact) mass is 412 g/mol. The molecule has 9 heteroatoms. The number of imidazole rings is 1. The van der Waals surface area contributed by atoms with Crippen LogP contribution in [0.3, 0.4) is 0 Å². The van der Waals surface area contributed by atoms with Crippen molar-refractivity contribution in [1.29, 1.82) is 0 Å². The number of nitrogens with zero attached hydrogens (tertiary/aromatic N) is 5. The van der Waals surface area contributed by atoms with Gasteiger partial charge in [0.05, 0.1) is 13.3 Å². The molecule has 0 bridgehead atoms. The SMILES string of the molecule is COC(=O)C(C)(C)N1CCC[C@@H](Nc2ccnc(-c3cnc4ccc(F)cn34)n2)C1. The summed E-state index contributed by atoms with van der Waals surface area (Å²) >= 11 is 0. The van der Waals surface area contributed by atoms with E-state index < -0.39 is 5.54 Å². The van der Waals surface area contributed by atoms with Crippen LogP contribution in [0.5, 0.6) is 0 Å². The van der Waals surface area contributed by atoms with Crippen molar-refractivity contribution in [2.24, 2.45) is 0 Å². The Balaban J connectivity index is 1.53. The van der Waals surface area contributed by atoms with E-state index in [1.165, 1.54) is 19.4 Å². The Hall–Kier alpha value is -3.07. The molecule has 1 aliphatic heterocycles. The minimum atomic E-state index is -0.688. The first-order valence-corrected chi connectivity index (χ1v) is 9.94. The van der Waals surface area contributed by atoms with Crippen molar-refractivity contribution in [3.63, 3.8) is 0 Å². The van der Waals surface area contributed by atoms with Gasteiger partial charge in [0, 0.05) is 25.0 Å². The van der Waals surface area contributed by atoms with Gasteiger partial charge in [-0.15, -0.1) is 0 Å². The first-order chi connectivity index (χ1) is 14.4. The minimum Gasteiger partial charge on any atom is -0.468 e. The van der Waals surface area contributed by atoms with Gasteiger partial charge in [0.25, 0.3) is 0 Å². The van der Waals surface area contributed by atoms with Gasteiger partial charge in [0.1, 0.15) is 28.5 Å². The Kier molecular flexibility index (Phi) is 5.38. The maximum Gasteiger partial charge on any atom is 0.325 e. The van der Waals surface area contributed by atoms with Crippen LogP contribution in [-0.4, -0.2) is 62.0 Å². The number of anilines is 1. The smallest absolute Gasteiger partial charge is 0.325 e. The van der Waals surface area contributed by atoms with E-state index in [4.69, 9.17) is 4.74 Å². The predicted molar refractivity (Wildman–Crippen MR) is 110 cm³/mol. The number of ether oxygens (including phenoxy) is 1. The van der Waals surface area contributed by atoms with Crippen LogP contribution in [0.2, 0.25) is 0 Å². The zero-order chi connectivity index (χ0) is 21.3. The lowest BCUT2D eigenvalue weighted by Gasteiger charge is -2.41. The lowest BCUT2D eigenvalue weighted by atomic mass is 9.96. The van der Waals surface area contributed by atoms with Crippen LogP contribution in [-0.2, 0) is 9.53 Å². The highest BCUT2D eigenvalue weighted by atomic mass is 19.1. The van der Waals surface area contributed by atoms with Gasteiger partial charge in [0.2, 0.25) is 0 Å². The van der Waals surface area contributed by atoms with E-state index in [9.17, 15) is 9.18 Å². The molecule has 8 nitrogen and oxygen atoms in total. The first kappa shape index (κ1) is 20.2. The Morgan fingerprint density at radius 3 is 2.93 bits per heavy atom. The fourth-order valence-corrected chi connectivity index (χ4v) is 3.87. The molecular formula is C21H25FN6O2. The highest BCUT2D eigenvalue weighted by Crippen LogP contribution is 2.24. The van der Waals surface area contributed by atoms with Crippen LogP contribution in [0.15, 0.2) is 36.8 Å². The zero-order valence-electron chi connectivity index (χ0n) is 17.3. The van der Waals surface area contributed by atoms with Crippen molar-refractivity contribution in [2.45, 2.75) is 38.3 Å². The number of piperidine rings is 1. The van der Waals surface area contributed by atoms with Crippen LogP contribution in [0.1, 0.15) is 26.7 Å². The molecule has 30 heavy (non-hydrogen) atoms. The number of hydrogen-bond donors (Lipinski definition) is 1. The second kappa shape index (κ2) is 7.98. The van der Waals surface area contributed by atoms with Crippen LogP contribution in [0.4, 0.5) is 10.2 Å². The van der Waals surface area contributed by atoms with E-state index in [0.717, 1.165) is 19.4 Å². The van der Waals surface area contributed by atoms with E-state index in [-0.39, 0.29) is 17.8 Å². The van der Waals surface area contributed by atoms with Crippen LogP contribution < -0.4 is 5.32 Å². The average Bonchev–Trinajstić information content (AvgIpc) is 3.16. The molecule has 0 saturated carbocycles. The van der Waals surface area contributed by atoms with E-state index in [2.05, 4.69) is 25.2 Å². The fraction of sp³-hybridized carbons (Fsp3) is 0.429. The molecule has 1 fully saturated rings. The number of esters is 1. The summed E-state index contributed by atoms with van der Waals surface area (Å²) in [5.41, 5.74) is 0.554. The molecule has 158 valence electrons. The summed E-state index contributed by atoms with van der Waals surface area (Å²) in [6.45, 7) is 5.30. The molecule has 1 aliphatic rings. The van der Waals surface area contributed by atoms with Crippen molar-refractivity contribution in [2.75, 3.05) is 25.5 Å². The Morgan fingerprint density at radius 1 is 1.30 bits per heavy atom. The zero-order valence-corrected chi connectivity index (χ0v) is 17.3. The lowest BCUT2D eigenvalue weighted by molar-refractivity contribution is -0.153. The Morgan fingerprint density at radius 2 is 2.13 bits per heavy atom. The largest absolute Gasteiger partial charge is 0.468 e. The normalized spacial score (nSPS) is 17.8. The van der Waals surface area contributed by atoms with Gasteiger partial charge in [-0.05, 0) is 51.4 Å². The van der Waals surface area contributed by atoms with E-state index >= 15 is 0 Å². The maximum absolute atomic E-state index is 13.7. The number of halogens is 1. The standard InChI is InChI=1S/C21H25FN6O2/c1-21(2,20(29)30-3)27-10-4-5-15(13-27)25-17-8-9-23-19(26-17)16-11-24-18-7-6-14(22)12-28(16)18/h6-9,11-12,15H,4-5,10,13H2,1-3H3,(H,23,25,26)/t15-/m1/s1. The molecule has 3 aromatic heterocycles.